The standard InChI is InChI=1S/C21H43N2O5P/c1-7-8-9-10-11-12-13-14-21(24)22-20(17-19(2)3)18-28-29(25,26)27-16-15-23(4,5)6/h12-13,19-20H,7-11,14-18H2,1-6H3,(H-,22,24,25,26)/p+1/b13-12+/t20-/m0/s1. The summed E-state index contributed by atoms with van der Waals surface area (Å²) in [5.41, 5.74) is 0. The fourth-order valence-electron chi connectivity index (χ4n) is 2.67. The third-order valence-corrected chi connectivity index (χ3v) is 5.25. The van der Waals surface area contributed by atoms with Gasteiger partial charge in [-0.05, 0) is 25.2 Å². The fraction of sp³-hybridized carbons (Fsp3) is 0.857. The highest BCUT2D eigenvalue weighted by Crippen LogP contribution is 2.43. The van der Waals surface area contributed by atoms with Gasteiger partial charge in [-0.15, -0.1) is 0 Å². The Labute approximate surface area is 178 Å². The van der Waals surface area contributed by atoms with E-state index in [1.165, 1.54) is 19.3 Å². The molecule has 29 heavy (non-hydrogen) atoms. The van der Waals surface area contributed by atoms with E-state index in [0.29, 0.717) is 29.8 Å². The number of phosphoric ester groups is 1. The van der Waals surface area contributed by atoms with Crippen molar-refractivity contribution in [2.24, 2.45) is 5.92 Å². The number of unbranched alkanes of at least 4 members (excludes halogenated alkanes) is 4. The summed E-state index contributed by atoms with van der Waals surface area (Å²) in [4.78, 5) is 22.1. The Morgan fingerprint density at radius 3 is 2.41 bits per heavy atom. The largest absolute Gasteiger partial charge is 0.472 e. The lowest BCUT2D eigenvalue weighted by molar-refractivity contribution is -0.870. The molecule has 1 amide bonds. The molecule has 0 aromatic heterocycles. The molecule has 0 heterocycles. The fourth-order valence-corrected chi connectivity index (χ4v) is 3.43. The van der Waals surface area contributed by atoms with Crippen LogP contribution in [0.5, 0.6) is 0 Å². The molecule has 0 saturated heterocycles. The molecule has 0 aliphatic carbocycles. The van der Waals surface area contributed by atoms with E-state index in [2.05, 4.69) is 12.2 Å². The molecule has 1 unspecified atom stereocenters. The molecule has 0 aliphatic rings. The molecule has 0 saturated carbocycles. The summed E-state index contributed by atoms with van der Waals surface area (Å²) in [6.45, 7) is 6.91. The van der Waals surface area contributed by atoms with E-state index in [0.717, 1.165) is 12.8 Å². The van der Waals surface area contributed by atoms with Crippen molar-refractivity contribution in [3.05, 3.63) is 12.2 Å². The number of nitrogens with one attached hydrogen (secondary N) is 1. The Kier molecular flexibility index (Phi) is 14.8. The van der Waals surface area contributed by atoms with Crippen molar-refractivity contribution in [1.29, 1.82) is 0 Å². The van der Waals surface area contributed by atoms with Gasteiger partial charge in [-0.25, -0.2) is 4.57 Å². The van der Waals surface area contributed by atoms with Crippen molar-refractivity contribution >= 4 is 13.7 Å². The van der Waals surface area contributed by atoms with Crippen LogP contribution < -0.4 is 5.32 Å². The summed E-state index contributed by atoms with van der Waals surface area (Å²) in [5.74, 6) is 0.206. The summed E-state index contributed by atoms with van der Waals surface area (Å²) in [6.07, 6.45) is 10.7. The van der Waals surface area contributed by atoms with Crippen LogP contribution in [-0.2, 0) is 18.4 Å². The van der Waals surface area contributed by atoms with Gasteiger partial charge in [-0.1, -0.05) is 52.2 Å². The average molecular weight is 436 g/mol. The van der Waals surface area contributed by atoms with Gasteiger partial charge in [-0.3, -0.25) is 13.8 Å². The molecule has 172 valence electrons. The topological polar surface area (TPSA) is 84.9 Å². The Morgan fingerprint density at radius 1 is 1.14 bits per heavy atom. The summed E-state index contributed by atoms with van der Waals surface area (Å²) in [6, 6.07) is -0.331. The van der Waals surface area contributed by atoms with Gasteiger partial charge in [-0.2, -0.15) is 0 Å². The summed E-state index contributed by atoms with van der Waals surface area (Å²) in [5, 5.41) is 2.91. The van der Waals surface area contributed by atoms with Gasteiger partial charge in [0.15, 0.2) is 0 Å². The normalized spacial score (nSPS) is 15.6. The summed E-state index contributed by atoms with van der Waals surface area (Å²) < 4.78 is 22.9. The molecule has 2 N–H and O–H groups in total. The molecular weight excluding hydrogens is 391 g/mol. The van der Waals surface area contributed by atoms with Gasteiger partial charge in [0.05, 0.1) is 33.8 Å². The maximum atomic E-state index is 12.2. The Hall–Kier alpha value is -0.720. The van der Waals surface area contributed by atoms with Crippen molar-refractivity contribution in [2.75, 3.05) is 40.9 Å². The minimum Gasteiger partial charge on any atom is -0.351 e. The van der Waals surface area contributed by atoms with E-state index in [4.69, 9.17) is 9.05 Å². The van der Waals surface area contributed by atoms with Crippen LogP contribution in [0.25, 0.3) is 0 Å². The second-order valence-electron chi connectivity index (χ2n) is 9.03. The van der Waals surface area contributed by atoms with Crippen LogP contribution in [0, 0.1) is 5.92 Å². The highest BCUT2D eigenvalue weighted by atomic mass is 31.2. The molecule has 0 aromatic rings. The number of hydrogen-bond donors (Lipinski definition) is 2. The van der Waals surface area contributed by atoms with Crippen molar-refractivity contribution in [2.45, 2.75) is 71.8 Å². The van der Waals surface area contributed by atoms with Crippen LogP contribution in [-0.4, -0.2) is 62.2 Å². The zero-order chi connectivity index (χ0) is 22.3. The van der Waals surface area contributed by atoms with Crippen LogP contribution >= 0.6 is 7.82 Å². The van der Waals surface area contributed by atoms with Crippen LogP contribution in [0.1, 0.15) is 65.7 Å². The number of carbonyl (C=O) groups is 1. The summed E-state index contributed by atoms with van der Waals surface area (Å²) in [7, 11) is 1.78. The van der Waals surface area contributed by atoms with Gasteiger partial charge in [0.2, 0.25) is 5.91 Å². The maximum absolute atomic E-state index is 12.2. The third kappa shape index (κ3) is 19.0. The molecule has 0 radical (unpaired) electrons. The van der Waals surface area contributed by atoms with Crippen molar-refractivity contribution in [3.63, 3.8) is 0 Å². The smallest absolute Gasteiger partial charge is 0.351 e. The molecule has 0 rings (SSSR count). The molecule has 0 aromatic carbocycles. The van der Waals surface area contributed by atoms with Crippen molar-refractivity contribution < 1.29 is 27.8 Å². The molecule has 2 atom stereocenters. The first kappa shape index (κ1) is 28.3. The quantitative estimate of drug-likeness (QED) is 0.154. The SMILES string of the molecule is CCCCCC/C=C/CC(=O)N[C@H](COP(=O)(O)OCC[N+](C)(C)C)CC(C)C. The van der Waals surface area contributed by atoms with E-state index in [1.807, 2.05) is 47.1 Å². The number of phosphoric acid groups is 1. The number of hydrogen-bond acceptors (Lipinski definition) is 4. The van der Waals surface area contributed by atoms with Crippen LogP contribution in [0.15, 0.2) is 12.2 Å². The molecule has 8 heteroatoms. The number of amides is 1. The molecule has 0 fully saturated rings. The van der Waals surface area contributed by atoms with Gasteiger partial charge < -0.3 is 14.7 Å². The Bertz CT molecular complexity index is 518. The Morgan fingerprint density at radius 2 is 1.83 bits per heavy atom. The predicted octanol–water partition coefficient (Wildman–Crippen LogP) is 4.27. The van der Waals surface area contributed by atoms with Crippen LogP contribution in [0.2, 0.25) is 0 Å². The number of rotatable bonds is 17. The number of quaternary nitrogens is 1. The molecule has 0 spiro atoms. The van der Waals surface area contributed by atoms with E-state index in [9.17, 15) is 14.3 Å². The van der Waals surface area contributed by atoms with E-state index >= 15 is 0 Å². The number of likely N-dealkylation sites (N-methyl/N-ethyl adjacent to an activating group) is 1. The van der Waals surface area contributed by atoms with Crippen molar-refractivity contribution in [3.8, 4) is 0 Å². The number of carbonyl (C=O) groups excluding carboxylic acids is 1. The van der Waals surface area contributed by atoms with E-state index in [-0.39, 0.29) is 25.2 Å². The average Bonchev–Trinajstić information content (AvgIpc) is 2.57. The van der Waals surface area contributed by atoms with Gasteiger partial charge >= 0.3 is 7.82 Å². The molecule has 0 bridgehead atoms. The lowest BCUT2D eigenvalue weighted by atomic mass is 10.0. The second kappa shape index (κ2) is 15.1. The lowest BCUT2D eigenvalue weighted by Gasteiger charge is -2.25. The highest BCUT2D eigenvalue weighted by molar-refractivity contribution is 7.47. The first-order valence-corrected chi connectivity index (χ1v) is 12.3. The molecule has 7 nitrogen and oxygen atoms in total. The number of allylic oxidation sites excluding steroid dienone is 1. The third-order valence-electron chi connectivity index (χ3n) is 4.27. The highest BCUT2D eigenvalue weighted by Gasteiger charge is 2.25. The van der Waals surface area contributed by atoms with Gasteiger partial charge in [0.25, 0.3) is 0 Å². The zero-order valence-electron chi connectivity index (χ0n) is 19.4. The number of nitrogens with zero attached hydrogens (tertiary/aromatic N) is 1. The second-order valence-corrected chi connectivity index (χ2v) is 10.5. The predicted molar refractivity (Wildman–Crippen MR) is 119 cm³/mol. The van der Waals surface area contributed by atoms with Gasteiger partial charge in [0.1, 0.15) is 13.2 Å². The lowest BCUT2D eigenvalue weighted by Crippen LogP contribution is -2.39. The Balaban J connectivity index is 4.38. The van der Waals surface area contributed by atoms with E-state index < -0.39 is 7.82 Å². The first-order valence-electron chi connectivity index (χ1n) is 10.8. The summed E-state index contributed by atoms with van der Waals surface area (Å²) >= 11 is 0. The first-order chi connectivity index (χ1) is 13.4. The minimum absolute atomic E-state index is 0.0528. The van der Waals surface area contributed by atoms with Crippen molar-refractivity contribution in [1.82, 2.24) is 5.32 Å². The van der Waals surface area contributed by atoms with Gasteiger partial charge in [0, 0.05) is 6.42 Å². The maximum Gasteiger partial charge on any atom is 0.472 e. The zero-order valence-corrected chi connectivity index (χ0v) is 20.2. The molecule has 0 aliphatic heterocycles. The van der Waals surface area contributed by atoms with Crippen LogP contribution in [0.3, 0.4) is 0 Å². The van der Waals surface area contributed by atoms with Crippen LogP contribution in [0.4, 0.5) is 0 Å². The monoisotopic (exact) mass is 435 g/mol. The molecular formula is C21H44N2O5P+. The minimum atomic E-state index is -4.13. The van der Waals surface area contributed by atoms with E-state index in [1.54, 1.807) is 0 Å².